The summed E-state index contributed by atoms with van der Waals surface area (Å²) in [7, 11) is 0. The van der Waals surface area contributed by atoms with E-state index in [0.29, 0.717) is 31.9 Å². The Bertz CT molecular complexity index is 344. The smallest absolute Gasteiger partial charge is 0.255 e. The van der Waals surface area contributed by atoms with Crippen LogP contribution in [-0.2, 0) is 4.74 Å². The first-order valence-corrected chi connectivity index (χ1v) is 4.82. The summed E-state index contributed by atoms with van der Waals surface area (Å²) in [6, 6.07) is 3.15. The molecule has 5 nitrogen and oxygen atoms in total. The van der Waals surface area contributed by atoms with E-state index < -0.39 is 0 Å². The van der Waals surface area contributed by atoms with Crippen molar-refractivity contribution in [2.24, 2.45) is 0 Å². The highest BCUT2D eigenvalue weighted by Gasteiger charge is 2.18. The first-order chi connectivity index (χ1) is 7.27. The van der Waals surface area contributed by atoms with Gasteiger partial charge in [-0.3, -0.25) is 10.5 Å². The van der Waals surface area contributed by atoms with Gasteiger partial charge in [0, 0.05) is 19.3 Å². The predicted octanol–water partition coefficient (Wildman–Crippen LogP) is 0.468. The molecule has 1 N–H and O–H groups in total. The van der Waals surface area contributed by atoms with Crippen molar-refractivity contribution < 1.29 is 9.53 Å². The van der Waals surface area contributed by atoms with Crippen molar-refractivity contribution >= 4 is 11.7 Å². The monoisotopic (exact) mass is 206 g/mol. The van der Waals surface area contributed by atoms with E-state index >= 15 is 0 Å². The maximum absolute atomic E-state index is 11.9. The number of carbonyl (C=O) groups excluding carboxylic acids is 1. The van der Waals surface area contributed by atoms with Gasteiger partial charge in [-0.05, 0) is 12.1 Å². The molecule has 0 unspecified atom stereocenters. The summed E-state index contributed by atoms with van der Waals surface area (Å²) >= 11 is 0. The number of morpholine rings is 1. The van der Waals surface area contributed by atoms with Gasteiger partial charge < -0.3 is 9.64 Å². The number of nitrogens with one attached hydrogen (secondary N) is 1. The van der Waals surface area contributed by atoms with Gasteiger partial charge in [0.05, 0.1) is 18.8 Å². The molecule has 1 aliphatic heterocycles. The van der Waals surface area contributed by atoms with Gasteiger partial charge in [-0.1, -0.05) is 0 Å². The summed E-state index contributed by atoms with van der Waals surface area (Å²) < 4.78 is 5.17. The lowest BCUT2D eigenvalue weighted by Gasteiger charge is -2.26. The topological polar surface area (TPSA) is 66.2 Å². The second-order valence-electron chi connectivity index (χ2n) is 3.34. The Morgan fingerprint density at radius 1 is 1.40 bits per heavy atom. The van der Waals surface area contributed by atoms with E-state index in [1.165, 1.54) is 12.3 Å². The molecule has 2 heterocycles. The van der Waals surface area contributed by atoms with E-state index in [1.807, 2.05) is 0 Å². The van der Waals surface area contributed by atoms with Crippen molar-refractivity contribution in [1.82, 2.24) is 15.6 Å². The lowest BCUT2D eigenvalue weighted by atomic mass is 10.2. The fourth-order valence-corrected chi connectivity index (χ4v) is 1.47. The molecule has 2 rings (SSSR count). The summed E-state index contributed by atoms with van der Waals surface area (Å²) in [6.45, 7) is 2.44. The van der Waals surface area contributed by atoms with Crippen LogP contribution < -0.4 is 5.73 Å². The van der Waals surface area contributed by atoms with Crippen LogP contribution in [0.5, 0.6) is 0 Å². The fourth-order valence-electron chi connectivity index (χ4n) is 1.47. The average molecular weight is 206 g/mol. The molecule has 0 aliphatic carbocycles. The molecular formula is C10H12N3O2. The fraction of sp³-hybridized carbons (Fsp3) is 0.400. The second kappa shape index (κ2) is 4.27. The highest BCUT2D eigenvalue weighted by atomic mass is 16.5. The highest BCUT2D eigenvalue weighted by molar-refractivity contribution is 5.94. The second-order valence-corrected chi connectivity index (χ2v) is 3.34. The lowest BCUT2D eigenvalue weighted by molar-refractivity contribution is 0.0302. The van der Waals surface area contributed by atoms with Gasteiger partial charge >= 0.3 is 0 Å². The van der Waals surface area contributed by atoms with Gasteiger partial charge in [0.25, 0.3) is 5.91 Å². The molecule has 0 aromatic carbocycles. The summed E-state index contributed by atoms with van der Waals surface area (Å²) in [4.78, 5) is 17.4. The summed E-state index contributed by atoms with van der Waals surface area (Å²) in [5, 5.41) is 0. The third-order valence-electron chi connectivity index (χ3n) is 2.31. The lowest BCUT2D eigenvalue weighted by Crippen LogP contribution is -2.40. The van der Waals surface area contributed by atoms with Crippen LogP contribution in [0.2, 0.25) is 0 Å². The van der Waals surface area contributed by atoms with Gasteiger partial charge in [0.15, 0.2) is 0 Å². The molecule has 1 amide bonds. The maximum Gasteiger partial charge on any atom is 0.255 e. The molecule has 0 saturated carbocycles. The molecule has 1 aliphatic rings. The quantitative estimate of drug-likeness (QED) is 0.670. The number of ether oxygens (including phenoxy) is 1. The number of hydrogen-bond acceptors (Lipinski definition) is 3. The molecule has 0 atom stereocenters. The zero-order valence-electron chi connectivity index (χ0n) is 8.27. The van der Waals surface area contributed by atoms with Crippen molar-refractivity contribution in [3.63, 3.8) is 0 Å². The highest BCUT2D eigenvalue weighted by Crippen LogP contribution is 2.08. The van der Waals surface area contributed by atoms with Crippen LogP contribution in [0.1, 0.15) is 10.4 Å². The standard InChI is InChI=1S/C10H12N3O2/c11-9-2-1-8(7-12-9)10(14)13-3-5-15-6-4-13/h1-2,7,11H,3-6H2. The van der Waals surface area contributed by atoms with Crippen molar-refractivity contribution in [1.29, 1.82) is 0 Å². The zero-order valence-corrected chi connectivity index (χ0v) is 8.27. The largest absolute Gasteiger partial charge is 0.378 e. The Balaban J connectivity index is 2.09. The van der Waals surface area contributed by atoms with E-state index in [0.717, 1.165) is 0 Å². The molecule has 15 heavy (non-hydrogen) atoms. The third-order valence-corrected chi connectivity index (χ3v) is 2.31. The van der Waals surface area contributed by atoms with Crippen LogP contribution in [0.4, 0.5) is 5.82 Å². The SMILES string of the molecule is [NH]c1ccc(C(=O)N2CCOCC2)cn1. The predicted molar refractivity (Wildman–Crippen MR) is 53.7 cm³/mol. The normalized spacial score (nSPS) is 16.4. The van der Waals surface area contributed by atoms with Gasteiger partial charge in [0.2, 0.25) is 0 Å². The van der Waals surface area contributed by atoms with E-state index in [4.69, 9.17) is 10.5 Å². The Morgan fingerprint density at radius 2 is 2.13 bits per heavy atom. The molecule has 0 bridgehead atoms. The molecule has 1 aromatic rings. The molecule has 5 heteroatoms. The van der Waals surface area contributed by atoms with Crippen LogP contribution in [0.25, 0.3) is 0 Å². The molecular weight excluding hydrogens is 194 g/mol. The van der Waals surface area contributed by atoms with Crippen LogP contribution >= 0.6 is 0 Å². The van der Waals surface area contributed by atoms with Crippen molar-refractivity contribution in [2.45, 2.75) is 0 Å². The van der Waals surface area contributed by atoms with E-state index in [9.17, 15) is 4.79 Å². The van der Waals surface area contributed by atoms with Crippen LogP contribution in [0.15, 0.2) is 18.3 Å². The molecule has 1 radical (unpaired) electrons. The number of pyridine rings is 1. The van der Waals surface area contributed by atoms with Gasteiger partial charge in [-0.15, -0.1) is 0 Å². The third kappa shape index (κ3) is 2.24. The minimum Gasteiger partial charge on any atom is -0.378 e. The maximum atomic E-state index is 11.9. The van der Waals surface area contributed by atoms with Crippen molar-refractivity contribution in [3.8, 4) is 0 Å². The van der Waals surface area contributed by atoms with Crippen molar-refractivity contribution in [3.05, 3.63) is 23.9 Å². The van der Waals surface area contributed by atoms with E-state index in [1.54, 1.807) is 11.0 Å². The van der Waals surface area contributed by atoms with Crippen LogP contribution in [-0.4, -0.2) is 42.1 Å². The number of aromatic nitrogens is 1. The first-order valence-electron chi connectivity index (χ1n) is 4.82. The summed E-state index contributed by atoms with van der Waals surface area (Å²) in [5.74, 6) is 0.138. The van der Waals surface area contributed by atoms with Gasteiger partial charge in [-0.2, -0.15) is 0 Å². The molecule has 1 saturated heterocycles. The summed E-state index contributed by atoms with van der Waals surface area (Å²) in [6.07, 6.45) is 1.44. The average Bonchev–Trinajstić information content (AvgIpc) is 2.30. The minimum absolute atomic E-state index is 0.0363. The van der Waals surface area contributed by atoms with Crippen LogP contribution in [0, 0.1) is 0 Å². The van der Waals surface area contributed by atoms with Gasteiger partial charge in [-0.25, -0.2) is 4.98 Å². The molecule has 1 aromatic heterocycles. The zero-order chi connectivity index (χ0) is 10.7. The Labute approximate surface area is 87.8 Å². The van der Waals surface area contributed by atoms with E-state index in [2.05, 4.69) is 4.98 Å². The number of amides is 1. The number of rotatable bonds is 1. The first kappa shape index (κ1) is 9.92. The van der Waals surface area contributed by atoms with Crippen LogP contribution in [0.3, 0.4) is 0 Å². The van der Waals surface area contributed by atoms with E-state index in [-0.39, 0.29) is 11.7 Å². The number of hydrogen-bond donors (Lipinski definition) is 0. The molecule has 79 valence electrons. The Morgan fingerprint density at radius 3 is 2.73 bits per heavy atom. The van der Waals surface area contributed by atoms with Crippen molar-refractivity contribution in [2.75, 3.05) is 26.3 Å². The van der Waals surface area contributed by atoms with Gasteiger partial charge in [0.1, 0.15) is 5.82 Å². The Hall–Kier alpha value is -1.62. The minimum atomic E-state index is -0.0363. The molecule has 0 spiro atoms. The summed E-state index contributed by atoms with van der Waals surface area (Å²) in [5.41, 5.74) is 7.76. The Kier molecular flexibility index (Phi) is 2.82. The number of carbonyl (C=O) groups is 1. The molecule has 1 fully saturated rings. The number of nitrogens with zero attached hydrogens (tertiary/aromatic N) is 2.